The van der Waals surface area contributed by atoms with Crippen LogP contribution in [0, 0.1) is 0 Å². The lowest BCUT2D eigenvalue weighted by atomic mass is 10.2. The number of carbonyl (C=O) groups excluding carboxylic acids is 1. The maximum Gasteiger partial charge on any atom is 0.248 e. The molecule has 3 aromatic rings. The minimum absolute atomic E-state index is 0.0263. The number of carbonyl (C=O) groups is 1. The number of aromatic nitrogens is 4. The second-order valence-electron chi connectivity index (χ2n) is 7.62. The van der Waals surface area contributed by atoms with Crippen LogP contribution in [-0.2, 0) is 9.53 Å². The fraction of sp³-hybridized carbons (Fsp3) is 0.500. The molecule has 1 atom stereocenters. The number of piperazine rings is 1. The fourth-order valence-electron chi connectivity index (χ4n) is 3.89. The average Bonchev–Trinajstić information content (AvgIpc) is 3.13. The van der Waals surface area contributed by atoms with Crippen LogP contribution in [0.25, 0.3) is 16.6 Å². The Bertz CT molecular complexity index is 1010. The van der Waals surface area contributed by atoms with Gasteiger partial charge in [-0.1, -0.05) is 26.0 Å². The van der Waals surface area contributed by atoms with Crippen molar-refractivity contribution in [2.45, 2.75) is 32.7 Å². The van der Waals surface area contributed by atoms with Gasteiger partial charge in [0.25, 0.3) is 0 Å². The van der Waals surface area contributed by atoms with Crippen molar-refractivity contribution in [3.8, 4) is 0 Å². The lowest BCUT2D eigenvalue weighted by molar-refractivity contribution is -0.137. The van der Waals surface area contributed by atoms with E-state index in [1.807, 2.05) is 29.2 Å². The molecule has 0 saturated carbocycles. The Hall–Kier alpha value is -2.74. The number of nitrogens with zero attached hydrogens (tertiary/aromatic N) is 6. The minimum Gasteiger partial charge on any atom is -0.375 e. The summed E-state index contributed by atoms with van der Waals surface area (Å²) in [6.45, 7) is 8.44. The van der Waals surface area contributed by atoms with E-state index in [9.17, 15) is 4.79 Å². The Morgan fingerprint density at radius 3 is 2.75 bits per heavy atom. The Morgan fingerprint density at radius 2 is 2.04 bits per heavy atom. The van der Waals surface area contributed by atoms with Crippen molar-refractivity contribution in [3.05, 3.63) is 30.1 Å². The van der Waals surface area contributed by atoms with Crippen molar-refractivity contribution in [1.82, 2.24) is 24.5 Å². The number of anilines is 1. The van der Waals surface area contributed by atoms with Crippen LogP contribution in [0.15, 0.2) is 24.3 Å². The molecule has 1 saturated heterocycles. The number of amides is 1. The van der Waals surface area contributed by atoms with Gasteiger partial charge in [0.1, 0.15) is 12.4 Å². The van der Waals surface area contributed by atoms with Crippen molar-refractivity contribution in [3.63, 3.8) is 0 Å². The number of hydrogen-bond donors (Lipinski definition) is 0. The molecule has 8 nitrogen and oxygen atoms in total. The quantitative estimate of drug-likeness (QED) is 0.688. The van der Waals surface area contributed by atoms with Crippen LogP contribution >= 0.6 is 0 Å². The minimum atomic E-state index is 0.0263. The third-order valence-electron chi connectivity index (χ3n) is 5.27. The van der Waals surface area contributed by atoms with E-state index in [1.54, 1.807) is 7.11 Å². The number of benzene rings is 1. The third-order valence-corrected chi connectivity index (χ3v) is 5.27. The first-order valence-electron chi connectivity index (χ1n) is 9.68. The number of para-hydroxylation sites is 1. The highest BCUT2D eigenvalue weighted by molar-refractivity contribution is 5.92. The molecule has 1 aromatic carbocycles. The second-order valence-corrected chi connectivity index (χ2v) is 7.62. The van der Waals surface area contributed by atoms with Gasteiger partial charge in [-0.2, -0.15) is 0 Å². The molecule has 1 aliphatic rings. The maximum absolute atomic E-state index is 12.3. The summed E-state index contributed by atoms with van der Waals surface area (Å²) in [5.41, 5.74) is 1.73. The normalized spacial score (nSPS) is 17.8. The summed E-state index contributed by atoms with van der Waals surface area (Å²) in [5.74, 6) is 1.99. The standard InChI is InChI=1S/C20H26N6O2/c1-13(2)18-22-23-19-15-7-5-6-8-16(15)21-20(26(18)19)24-9-10-25(14(3)11-24)17(27)12-28-4/h5-8,13-14H,9-12H2,1-4H3. The lowest BCUT2D eigenvalue weighted by Crippen LogP contribution is -2.55. The van der Waals surface area contributed by atoms with Crippen molar-refractivity contribution in [2.75, 3.05) is 38.3 Å². The first kappa shape index (κ1) is 18.6. The van der Waals surface area contributed by atoms with Crippen LogP contribution in [-0.4, -0.2) is 69.8 Å². The van der Waals surface area contributed by atoms with Crippen molar-refractivity contribution < 1.29 is 9.53 Å². The number of hydrogen-bond acceptors (Lipinski definition) is 6. The van der Waals surface area contributed by atoms with E-state index in [0.29, 0.717) is 19.6 Å². The summed E-state index contributed by atoms with van der Waals surface area (Å²) >= 11 is 0. The summed E-state index contributed by atoms with van der Waals surface area (Å²) in [4.78, 5) is 21.4. The number of methoxy groups -OCH3 is 1. The summed E-state index contributed by atoms with van der Waals surface area (Å²) in [6.07, 6.45) is 0. The zero-order valence-corrected chi connectivity index (χ0v) is 16.8. The predicted octanol–water partition coefficient (Wildman–Crippen LogP) is 2.08. The van der Waals surface area contributed by atoms with Gasteiger partial charge >= 0.3 is 0 Å². The van der Waals surface area contributed by atoms with Gasteiger partial charge in [-0.3, -0.25) is 4.79 Å². The summed E-state index contributed by atoms with van der Waals surface area (Å²) < 4.78 is 7.09. The molecule has 2 aromatic heterocycles. The Labute approximate surface area is 164 Å². The first-order chi connectivity index (χ1) is 13.5. The molecule has 1 amide bonds. The van der Waals surface area contributed by atoms with E-state index in [-0.39, 0.29) is 24.5 Å². The molecule has 3 heterocycles. The van der Waals surface area contributed by atoms with Crippen LogP contribution < -0.4 is 4.90 Å². The molecule has 28 heavy (non-hydrogen) atoms. The molecular weight excluding hydrogens is 356 g/mol. The molecule has 148 valence electrons. The largest absolute Gasteiger partial charge is 0.375 e. The summed E-state index contributed by atoms with van der Waals surface area (Å²) in [6, 6.07) is 8.09. The fourth-order valence-corrected chi connectivity index (χ4v) is 3.89. The zero-order valence-electron chi connectivity index (χ0n) is 16.8. The predicted molar refractivity (Wildman–Crippen MR) is 108 cm³/mol. The summed E-state index contributed by atoms with van der Waals surface area (Å²) in [5, 5.41) is 9.92. The summed E-state index contributed by atoms with van der Waals surface area (Å²) in [7, 11) is 1.55. The van der Waals surface area contributed by atoms with Gasteiger partial charge in [-0.15, -0.1) is 10.2 Å². The number of rotatable bonds is 4. The van der Waals surface area contributed by atoms with Gasteiger partial charge in [0.15, 0.2) is 5.65 Å². The highest BCUT2D eigenvalue weighted by atomic mass is 16.5. The molecular formula is C20H26N6O2. The van der Waals surface area contributed by atoms with Crippen LogP contribution in [0.1, 0.15) is 32.5 Å². The molecule has 1 fully saturated rings. The van der Waals surface area contributed by atoms with E-state index in [1.165, 1.54) is 0 Å². The molecule has 1 aliphatic heterocycles. The maximum atomic E-state index is 12.3. The van der Waals surface area contributed by atoms with Crippen LogP contribution in [0.4, 0.5) is 5.95 Å². The van der Waals surface area contributed by atoms with E-state index in [4.69, 9.17) is 9.72 Å². The topological polar surface area (TPSA) is 75.9 Å². The average molecular weight is 382 g/mol. The van der Waals surface area contributed by atoms with Gasteiger partial charge in [0.05, 0.1) is 5.52 Å². The van der Waals surface area contributed by atoms with Gasteiger partial charge in [0.2, 0.25) is 11.9 Å². The Kier molecular flexibility index (Phi) is 4.89. The smallest absolute Gasteiger partial charge is 0.248 e. The van der Waals surface area contributed by atoms with Gasteiger partial charge in [-0.25, -0.2) is 9.38 Å². The Morgan fingerprint density at radius 1 is 1.25 bits per heavy atom. The van der Waals surface area contributed by atoms with E-state index >= 15 is 0 Å². The van der Waals surface area contributed by atoms with Gasteiger partial charge in [-0.05, 0) is 19.1 Å². The second kappa shape index (κ2) is 7.35. The Balaban J connectivity index is 1.77. The third kappa shape index (κ3) is 3.07. The highest BCUT2D eigenvalue weighted by Crippen LogP contribution is 2.28. The molecule has 0 N–H and O–H groups in total. The van der Waals surface area contributed by atoms with E-state index in [0.717, 1.165) is 28.3 Å². The van der Waals surface area contributed by atoms with Crippen LogP contribution in [0.5, 0.6) is 0 Å². The highest BCUT2D eigenvalue weighted by Gasteiger charge is 2.30. The molecule has 0 spiro atoms. The first-order valence-corrected chi connectivity index (χ1v) is 9.68. The molecule has 0 bridgehead atoms. The van der Waals surface area contributed by atoms with E-state index < -0.39 is 0 Å². The van der Waals surface area contributed by atoms with Crippen molar-refractivity contribution in [2.24, 2.45) is 0 Å². The monoisotopic (exact) mass is 382 g/mol. The van der Waals surface area contributed by atoms with Crippen molar-refractivity contribution in [1.29, 1.82) is 0 Å². The van der Waals surface area contributed by atoms with Gasteiger partial charge < -0.3 is 14.5 Å². The van der Waals surface area contributed by atoms with E-state index in [2.05, 4.69) is 40.3 Å². The zero-order chi connectivity index (χ0) is 19.8. The lowest BCUT2D eigenvalue weighted by Gasteiger charge is -2.40. The number of fused-ring (bicyclic) bond motifs is 3. The molecule has 0 radical (unpaired) electrons. The molecule has 4 rings (SSSR count). The molecule has 8 heteroatoms. The van der Waals surface area contributed by atoms with Gasteiger partial charge in [0, 0.05) is 44.1 Å². The van der Waals surface area contributed by atoms with Crippen LogP contribution in [0.2, 0.25) is 0 Å². The molecule has 1 unspecified atom stereocenters. The number of ether oxygens (including phenoxy) is 1. The molecule has 0 aliphatic carbocycles. The SMILES string of the molecule is COCC(=O)N1CCN(c2nc3ccccc3c3nnc(C(C)C)n23)CC1C. The van der Waals surface area contributed by atoms with Crippen LogP contribution in [0.3, 0.4) is 0 Å². The van der Waals surface area contributed by atoms with Crippen molar-refractivity contribution >= 4 is 28.4 Å².